The van der Waals surface area contributed by atoms with Crippen LogP contribution in [0.25, 0.3) is 0 Å². The first-order chi connectivity index (χ1) is 12.7. The molecule has 6 heteroatoms. The molecule has 2 aliphatic rings. The third-order valence-corrected chi connectivity index (χ3v) is 5.69. The smallest absolute Gasteiger partial charge is 0.289 e. The Morgan fingerprint density at radius 2 is 2.15 bits per heavy atom. The number of hydrazine groups is 1. The van der Waals surface area contributed by atoms with Crippen molar-refractivity contribution in [3.63, 3.8) is 0 Å². The molecule has 0 radical (unpaired) electrons. The van der Waals surface area contributed by atoms with Crippen LogP contribution in [0.5, 0.6) is 0 Å². The maximum Gasteiger partial charge on any atom is 0.289 e. The van der Waals surface area contributed by atoms with Crippen molar-refractivity contribution >= 4 is 5.91 Å². The molecule has 1 aliphatic heterocycles. The summed E-state index contributed by atoms with van der Waals surface area (Å²) in [5, 5.41) is 7.05. The zero-order valence-corrected chi connectivity index (χ0v) is 15.1. The van der Waals surface area contributed by atoms with Crippen LogP contribution in [0.1, 0.15) is 53.9 Å². The van der Waals surface area contributed by atoms with E-state index < -0.39 is 0 Å². The van der Waals surface area contributed by atoms with Gasteiger partial charge in [0.15, 0.2) is 0 Å². The second-order valence-electron chi connectivity index (χ2n) is 7.50. The first-order valence-corrected chi connectivity index (χ1v) is 9.50. The molecule has 26 heavy (non-hydrogen) atoms. The average molecular weight is 354 g/mol. The highest BCUT2D eigenvalue weighted by molar-refractivity contribution is 5.91. The molecule has 6 nitrogen and oxygen atoms in total. The molecule has 2 heterocycles. The Bertz CT molecular complexity index is 745. The molecule has 1 aromatic heterocycles. The van der Waals surface area contributed by atoms with Crippen LogP contribution in [0.15, 0.2) is 40.9 Å². The zero-order valence-electron chi connectivity index (χ0n) is 15.1. The van der Waals surface area contributed by atoms with Gasteiger partial charge in [0.05, 0.1) is 5.69 Å². The summed E-state index contributed by atoms with van der Waals surface area (Å²) in [5.41, 5.74) is 8.71. The number of carbonyl (C=O) groups is 1. The predicted molar refractivity (Wildman–Crippen MR) is 98.6 cm³/mol. The second kappa shape index (κ2) is 7.60. The Balaban J connectivity index is 1.30. The molecule has 4 unspecified atom stereocenters. The fraction of sp³-hybridized carbons (Fsp3) is 0.500. The molecule has 2 aromatic rings. The number of amides is 1. The van der Waals surface area contributed by atoms with Gasteiger partial charge in [-0.1, -0.05) is 48.8 Å². The number of carbonyl (C=O) groups excluding carboxylic acids is 1. The summed E-state index contributed by atoms with van der Waals surface area (Å²) in [6, 6.07) is 12.9. The SMILES string of the molecule is CC(Cc1cc(C(=O)NCC2NNC3CCCC32)on1)c1ccccc1. The normalized spacial score (nSPS) is 25.8. The summed E-state index contributed by atoms with van der Waals surface area (Å²) in [5.74, 6) is 1.02. The molecule has 0 spiro atoms. The van der Waals surface area contributed by atoms with E-state index in [1.54, 1.807) is 6.07 Å². The van der Waals surface area contributed by atoms with Crippen molar-refractivity contribution in [2.45, 2.75) is 50.6 Å². The molecular formula is C20H26N4O2. The number of hydrogen-bond donors (Lipinski definition) is 3. The van der Waals surface area contributed by atoms with Gasteiger partial charge in [-0.3, -0.25) is 15.6 Å². The van der Waals surface area contributed by atoms with E-state index in [0.29, 0.717) is 24.4 Å². The van der Waals surface area contributed by atoms with E-state index in [0.717, 1.165) is 12.1 Å². The Labute approximate surface area is 153 Å². The minimum atomic E-state index is -0.195. The highest BCUT2D eigenvalue weighted by Gasteiger charge is 2.38. The fourth-order valence-electron chi connectivity index (χ4n) is 4.19. The van der Waals surface area contributed by atoms with Crippen LogP contribution < -0.4 is 16.2 Å². The van der Waals surface area contributed by atoms with Crippen molar-refractivity contribution in [2.24, 2.45) is 5.92 Å². The highest BCUT2D eigenvalue weighted by atomic mass is 16.5. The van der Waals surface area contributed by atoms with Gasteiger partial charge in [-0.15, -0.1) is 0 Å². The van der Waals surface area contributed by atoms with E-state index in [9.17, 15) is 4.79 Å². The largest absolute Gasteiger partial charge is 0.351 e. The Morgan fingerprint density at radius 3 is 3.00 bits per heavy atom. The molecule has 1 aromatic carbocycles. The first kappa shape index (κ1) is 17.2. The number of rotatable bonds is 6. The lowest BCUT2D eigenvalue weighted by Gasteiger charge is -2.16. The van der Waals surface area contributed by atoms with Crippen molar-refractivity contribution in [1.82, 2.24) is 21.3 Å². The minimum absolute atomic E-state index is 0.195. The molecule has 0 bridgehead atoms. The lowest BCUT2D eigenvalue weighted by atomic mass is 9.96. The van der Waals surface area contributed by atoms with Crippen molar-refractivity contribution < 1.29 is 9.32 Å². The monoisotopic (exact) mass is 354 g/mol. The number of fused-ring (bicyclic) bond motifs is 1. The number of hydrogen-bond acceptors (Lipinski definition) is 5. The third kappa shape index (κ3) is 3.66. The van der Waals surface area contributed by atoms with Gasteiger partial charge in [0.1, 0.15) is 0 Å². The van der Waals surface area contributed by atoms with E-state index in [1.165, 1.54) is 24.8 Å². The molecule has 1 saturated heterocycles. The Morgan fingerprint density at radius 1 is 1.31 bits per heavy atom. The average Bonchev–Trinajstić information content (AvgIpc) is 3.38. The fourth-order valence-corrected chi connectivity index (χ4v) is 4.19. The van der Waals surface area contributed by atoms with Gasteiger partial charge >= 0.3 is 0 Å². The maximum absolute atomic E-state index is 12.4. The van der Waals surface area contributed by atoms with Gasteiger partial charge in [0.2, 0.25) is 5.76 Å². The number of benzene rings is 1. The van der Waals surface area contributed by atoms with Crippen molar-refractivity contribution in [3.05, 3.63) is 53.4 Å². The summed E-state index contributed by atoms with van der Waals surface area (Å²) < 4.78 is 5.27. The Kier molecular flexibility index (Phi) is 5.04. The zero-order chi connectivity index (χ0) is 17.9. The molecule has 3 N–H and O–H groups in total. The lowest BCUT2D eigenvalue weighted by Crippen LogP contribution is -2.42. The predicted octanol–water partition coefficient (Wildman–Crippen LogP) is 2.40. The van der Waals surface area contributed by atoms with Crippen LogP contribution in [0, 0.1) is 5.92 Å². The summed E-state index contributed by atoms with van der Waals surface area (Å²) in [7, 11) is 0. The third-order valence-electron chi connectivity index (χ3n) is 5.69. The number of aromatic nitrogens is 1. The lowest BCUT2D eigenvalue weighted by molar-refractivity contribution is 0.0911. The van der Waals surface area contributed by atoms with Crippen LogP contribution in [-0.4, -0.2) is 29.7 Å². The van der Waals surface area contributed by atoms with Gasteiger partial charge in [-0.05, 0) is 36.7 Å². The van der Waals surface area contributed by atoms with E-state index in [-0.39, 0.29) is 17.7 Å². The van der Waals surface area contributed by atoms with Gasteiger partial charge < -0.3 is 9.84 Å². The molecule has 1 amide bonds. The quantitative estimate of drug-likeness (QED) is 0.742. The first-order valence-electron chi connectivity index (χ1n) is 9.50. The van der Waals surface area contributed by atoms with Crippen LogP contribution in [0.2, 0.25) is 0 Å². The minimum Gasteiger partial charge on any atom is -0.351 e. The molecule has 1 saturated carbocycles. The van der Waals surface area contributed by atoms with Crippen molar-refractivity contribution in [2.75, 3.05) is 6.54 Å². The molecule has 4 rings (SSSR count). The van der Waals surface area contributed by atoms with Crippen molar-refractivity contribution in [1.29, 1.82) is 0 Å². The standard InChI is InChI=1S/C20H26N4O2/c1-13(14-6-3-2-4-7-14)10-15-11-19(26-24-15)20(25)21-12-18-16-8-5-9-17(16)22-23-18/h2-4,6-7,11,13,16-18,22-23H,5,8-10,12H2,1H3,(H,21,25). The van der Waals surface area contributed by atoms with E-state index in [4.69, 9.17) is 4.52 Å². The Hall–Kier alpha value is -2.18. The maximum atomic E-state index is 12.4. The molecule has 4 atom stereocenters. The van der Waals surface area contributed by atoms with Gasteiger partial charge in [0.25, 0.3) is 5.91 Å². The molecule has 2 fully saturated rings. The van der Waals surface area contributed by atoms with Gasteiger partial charge in [0, 0.05) is 24.7 Å². The number of nitrogens with one attached hydrogen (secondary N) is 3. The van der Waals surface area contributed by atoms with Gasteiger partial charge in [-0.25, -0.2) is 0 Å². The van der Waals surface area contributed by atoms with E-state index in [2.05, 4.69) is 40.4 Å². The van der Waals surface area contributed by atoms with Crippen LogP contribution in [-0.2, 0) is 6.42 Å². The van der Waals surface area contributed by atoms with Crippen LogP contribution in [0.3, 0.4) is 0 Å². The van der Waals surface area contributed by atoms with E-state index >= 15 is 0 Å². The van der Waals surface area contributed by atoms with E-state index in [1.807, 2.05) is 18.2 Å². The summed E-state index contributed by atoms with van der Waals surface area (Å²) in [4.78, 5) is 12.4. The highest BCUT2D eigenvalue weighted by Crippen LogP contribution is 2.31. The van der Waals surface area contributed by atoms with Gasteiger partial charge in [-0.2, -0.15) is 0 Å². The summed E-state index contributed by atoms with van der Waals surface area (Å²) in [6.45, 7) is 2.75. The summed E-state index contributed by atoms with van der Waals surface area (Å²) in [6.07, 6.45) is 4.44. The number of nitrogens with zero attached hydrogens (tertiary/aromatic N) is 1. The van der Waals surface area contributed by atoms with Crippen LogP contribution >= 0.6 is 0 Å². The second-order valence-corrected chi connectivity index (χ2v) is 7.50. The molecule has 138 valence electrons. The van der Waals surface area contributed by atoms with Crippen LogP contribution in [0.4, 0.5) is 0 Å². The molecular weight excluding hydrogens is 328 g/mol. The topological polar surface area (TPSA) is 79.2 Å². The molecule has 1 aliphatic carbocycles. The van der Waals surface area contributed by atoms with Crippen molar-refractivity contribution in [3.8, 4) is 0 Å². The summed E-state index contributed by atoms with van der Waals surface area (Å²) >= 11 is 0.